The molecule has 2 aromatic heterocycles. The molecule has 5 nitrogen and oxygen atoms in total. The molecule has 0 spiro atoms. The molecule has 0 radical (unpaired) electrons. The van der Waals surface area contributed by atoms with Crippen LogP contribution in [-0.4, -0.2) is 38.1 Å². The summed E-state index contributed by atoms with van der Waals surface area (Å²) in [5.74, 6) is 0.108. The molecule has 1 aliphatic heterocycles. The number of benzene rings is 1. The standard InChI is InChI=1S/C23H25N3O2/c27-22(18-16-24-26-14-7-6-11-20(18)26)25-15-13-23(28,17-8-2-1-3-9-17)19-10-4-5-12-21(19)25/h1-3,6-9,11,14,16,19,21,28H,4-5,10,12-13,15H2/t19-,21+,23-/m0/s1. The largest absolute Gasteiger partial charge is 0.385 e. The number of rotatable bonds is 2. The van der Waals surface area contributed by atoms with Crippen molar-refractivity contribution in [3.05, 3.63) is 72.1 Å². The van der Waals surface area contributed by atoms with Crippen LogP contribution in [0.3, 0.4) is 0 Å². The van der Waals surface area contributed by atoms with Crippen LogP contribution in [0, 0.1) is 5.92 Å². The molecule has 5 heteroatoms. The van der Waals surface area contributed by atoms with Crippen molar-refractivity contribution < 1.29 is 9.90 Å². The van der Waals surface area contributed by atoms with Crippen molar-refractivity contribution in [3.8, 4) is 0 Å². The smallest absolute Gasteiger partial charge is 0.257 e. The van der Waals surface area contributed by atoms with Gasteiger partial charge in [0.15, 0.2) is 0 Å². The number of fused-ring (bicyclic) bond motifs is 2. The summed E-state index contributed by atoms with van der Waals surface area (Å²) in [7, 11) is 0. The summed E-state index contributed by atoms with van der Waals surface area (Å²) < 4.78 is 1.75. The van der Waals surface area contributed by atoms with Crippen LogP contribution in [-0.2, 0) is 5.60 Å². The highest BCUT2D eigenvalue weighted by Gasteiger charge is 2.50. The Kier molecular flexibility index (Phi) is 4.20. The average molecular weight is 375 g/mol. The summed E-state index contributed by atoms with van der Waals surface area (Å²) in [6, 6.07) is 15.8. The lowest BCUT2D eigenvalue weighted by Crippen LogP contribution is -2.58. The van der Waals surface area contributed by atoms with Crippen LogP contribution in [0.2, 0.25) is 0 Å². The fourth-order valence-corrected chi connectivity index (χ4v) is 5.27. The Morgan fingerprint density at radius 3 is 2.71 bits per heavy atom. The Hall–Kier alpha value is -2.66. The van der Waals surface area contributed by atoms with Crippen molar-refractivity contribution in [2.45, 2.75) is 43.7 Å². The molecule has 3 atom stereocenters. The predicted octanol–water partition coefficient (Wildman–Crippen LogP) is 3.63. The average Bonchev–Trinajstić information content (AvgIpc) is 3.19. The second-order valence-corrected chi connectivity index (χ2v) is 8.09. The van der Waals surface area contributed by atoms with Crippen LogP contribution < -0.4 is 0 Å². The minimum atomic E-state index is -0.857. The molecule has 1 N–H and O–H groups in total. The van der Waals surface area contributed by atoms with Crippen LogP contribution in [0.4, 0.5) is 0 Å². The number of aromatic nitrogens is 2. The second kappa shape index (κ2) is 6.74. The maximum absolute atomic E-state index is 13.5. The number of aliphatic hydroxyl groups is 1. The van der Waals surface area contributed by atoms with Crippen LogP contribution in [0.15, 0.2) is 60.9 Å². The molecule has 0 bridgehead atoms. The number of amides is 1. The number of hydrogen-bond acceptors (Lipinski definition) is 3. The van der Waals surface area contributed by atoms with E-state index in [1.54, 1.807) is 10.7 Å². The van der Waals surface area contributed by atoms with E-state index in [9.17, 15) is 9.90 Å². The van der Waals surface area contributed by atoms with E-state index in [-0.39, 0.29) is 17.9 Å². The Morgan fingerprint density at radius 2 is 1.86 bits per heavy atom. The molecule has 1 aromatic carbocycles. The normalized spacial score (nSPS) is 27.5. The van der Waals surface area contributed by atoms with Gasteiger partial charge in [-0.25, -0.2) is 4.52 Å². The Morgan fingerprint density at radius 1 is 1.07 bits per heavy atom. The Bertz CT molecular complexity index is 999. The maximum Gasteiger partial charge on any atom is 0.257 e. The predicted molar refractivity (Wildman–Crippen MR) is 107 cm³/mol. The highest BCUT2D eigenvalue weighted by molar-refractivity contribution is 6.00. The first-order chi connectivity index (χ1) is 13.7. The highest BCUT2D eigenvalue weighted by atomic mass is 16.3. The van der Waals surface area contributed by atoms with Gasteiger partial charge in [0, 0.05) is 24.7 Å². The molecule has 3 aromatic rings. The summed E-state index contributed by atoms with van der Waals surface area (Å²) in [6.07, 6.45) is 8.22. The van der Waals surface area contributed by atoms with Crippen molar-refractivity contribution in [2.24, 2.45) is 5.92 Å². The van der Waals surface area contributed by atoms with Crippen molar-refractivity contribution in [3.63, 3.8) is 0 Å². The zero-order valence-electron chi connectivity index (χ0n) is 15.9. The Labute approximate surface area is 164 Å². The fraction of sp³-hybridized carbons (Fsp3) is 0.391. The monoisotopic (exact) mass is 375 g/mol. The Balaban J connectivity index is 1.50. The lowest BCUT2D eigenvalue weighted by Gasteiger charge is -2.52. The number of hydrogen-bond donors (Lipinski definition) is 1. The van der Waals surface area contributed by atoms with Gasteiger partial charge in [-0.1, -0.05) is 49.2 Å². The van der Waals surface area contributed by atoms with Gasteiger partial charge in [0.2, 0.25) is 0 Å². The minimum absolute atomic E-state index is 0.0354. The molecule has 1 aliphatic carbocycles. The van der Waals surface area contributed by atoms with Gasteiger partial charge in [-0.15, -0.1) is 0 Å². The molecule has 144 valence electrons. The van der Waals surface area contributed by atoms with Crippen molar-refractivity contribution in [1.82, 2.24) is 14.5 Å². The molecule has 0 unspecified atom stereocenters. The molecule has 1 saturated heterocycles. The molecule has 2 fully saturated rings. The number of nitrogens with zero attached hydrogens (tertiary/aromatic N) is 3. The summed E-state index contributed by atoms with van der Waals surface area (Å²) in [5.41, 5.74) is 1.61. The van der Waals surface area contributed by atoms with Crippen molar-refractivity contribution in [2.75, 3.05) is 6.54 Å². The third-order valence-electron chi connectivity index (χ3n) is 6.67. The molecule has 2 aliphatic rings. The number of pyridine rings is 1. The third-order valence-corrected chi connectivity index (χ3v) is 6.67. The van der Waals surface area contributed by atoms with Gasteiger partial charge >= 0.3 is 0 Å². The lowest BCUT2D eigenvalue weighted by molar-refractivity contribution is -0.110. The van der Waals surface area contributed by atoms with E-state index in [4.69, 9.17) is 0 Å². The van der Waals surface area contributed by atoms with Crippen LogP contribution >= 0.6 is 0 Å². The van der Waals surface area contributed by atoms with E-state index in [0.29, 0.717) is 18.5 Å². The SMILES string of the molecule is O=C(c1cnn2ccccc12)N1CC[C@](O)(c2ccccc2)[C@H]2CCCC[C@H]21. The first-order valence-corrected chi connectivity index (χ1v) is 10.2. The molecular weight excluding hydrogens is 350 g/mol. The lowest BCUT2D eigenvalue weighted by atomic mass is 9.66. The molecule has 1 amide bonds. The molecule has 28 heavy (non-hydrogen) atoms. The van der Waals surface area contributed by atoms with Crippen LogP contribution in [0.5, 0.6) is 0 Å². The van der Waals surface area contributed by atoms with E-state index < -0.39 is 5.60 Å². The highest BCUT2D eigenvalue weighted by Crippen LogP contribution is 2.47. The first-order valence-electron chi connectivity index (χ1n) is 10.2. The quantitative estimate of drug-likeness (QED) is 0.744. The van der Waals surface area contributed by atoms with Crippen molar-refractivity contribution in [1.29, 1.82) is 0 Å². The first kappa shape index (κ1) is 17.4. The summed E-state index contributed by atoms with van der Waals surface area (Å²) >= 11 is 0. The number of carbonyl (C=O) groups excluding carboxylic acids is 1. The molecule has 1 saturated carbocycles. The van der Waals surface area contributed by atoms with Crippen LogP contribution in [0.1, 0.15) is 48.0 Å². The van der Waals surface area contributed by atoms with Gasteiger partial charge in [0.05, 0.1) is 22.9 Å². The summed E-state index contributed by atoms with van der Waals surface area (Å²) in [5, 5.41) is 16.0. The molecule has 5 rings (SSSR count). The zero-order valence-corrected chi connectivity index (χ0v) is 15.9. The number of piperidine rings is 1. The van der Waals surface area contributed by atoms with E-state index >= 15 is 0 Å². The fourth-order valence-electron chi connectivity index (χ4n) is 5.27. The molecule has 3 heterocycles. The number of likely N-dealkylation sites (tertiary alicyclic amines) is 1. The van der Waals surface area contributed by atoms with Gasteiger partial charge in [0.1, 0.15) is 0 Å². The van der Waals surface area contributed by atoms with Gasteiger partial charge in [-0.2, -0.15) is 5.10 Å². The topological polar surface area (TPSA) is 57.8 Å². The molecular formula is C23H25N3O2. The van der Waals surface area contributed by atoms with Crippen molar-refractivity contribution >= 4 is 11.4 Å². The maximum atomic E-state index is 13.5. The summed E-state index contributed by atoms with van der Waals surface area (Å²) in [6.45, 7) is 0.565. The van der Waals surface area contributed by atoms with Gasteiger partial charge < -0.3 is 10.0 Å². The van der Waals surface area contributed by atoms with E-state index in [0.717, 1.165) is 36.8 Å². The van der Waals surface area contributed by atoms with E-state index in [1.165, 1.54) is 0 Å². The van der Waals surface area contributed by atoms with Gasteiger partial charge in [0.25, 0.3) is 5.91 Å². The number of carbonyl (C=O) groups is 1. The summed E-state index contributed by atoms with van der Waals surface area (Å²) in [4.78, 5) is 15.5. The van der Waals surface area contributed by atoms with Gasteiger partial charge in [-0.05, 0) is 37.0 Å². The van der Waals surface area contributed by atoms with E-state index in [1.807, 2.05) is 59.6 Å². The zero-order chi connectivity index (χ0) is 19.1. The minimum Gasteiger partial charge on any atom is -0.385 e. The van der Waals surface area contributed by atoms with E-state index in [2.05, 4.69) is 5.10 Å². The van der Waals surface area contributed by atoms with Crippen LogP contribution in [0.25, 0.3) is 5.52 Å². The second-order valence-electron chi connectivity index (χ2n) is 8.09. The van der Waals surface area contributed by atoms with Gasteiger partial charge in [-0.3, -0.25) is 4.79 Å². The third kappa shape index (κ3) is 2.65.